The van der Waals surface area contributed by atoms with Gasteiger partial charge in [-0.3, -0.25) is 4.98 Å². The van der Waals surface area contributed by atoms with Crippen molar-refractivity contribution in [3.05, 3.63) is 65.6 Å². The zero-order valence-corrected chi connectivity index (χ0v) is 10.2. The van der Waals surface area contributed by atoms with Crippen molar-refractivity contribution in [2.45, 2.75) is 13.0 Å². The van der Waals surface area contributed by atoms with E-state index in [9.17, 15) is 0 Å². The SMILES string of the molecule is Cc1[nH]c2ccccc2c1C(N)c1ccccn1. The fraction of sp³-hybridized carbons (Fsp3) is 0.133. The van der Waals surface area contributed by atoms with Crippen molar-refractivity contribution in [2.24, 2.45) is 5.73 Å². The monoisotopic (exact) mass is 237 g/mol. The summed E-state index contributed by atoms with van der Waals surface area (Å²) in [4.78, 5) is 7.71. The molecule has 2 aromatic heterocycles. The minimum absolute atomic E-state index is 0.192. The van der Waals surface area contributed by atoms with Crippen LogP contribution in [-0.2, 0) is 0 Å². The van der Waals surface area contributed by atoms with Crippen LogP contribution in [0.3, 0.4) is 0 Å². The smallest absolute Gasteiger partial charge is 0.0749 e. The standard InChI is InChI=1S/C15H15N3/c1-10-14(11-6-2-3-7-12(11)18-10)15(16)13-8-4-5-9-17-13/h2-9,15,18H,16H2,1H3. The van der Waals surface area contributed by atoms with Gasteiger partial charge in [-0.2, -0.15) is 0 Å². The van der Waals surface area contributed by atoms with Gasteiger partial charge < -0.3 is 10.7 Å². The minimum Gasteiger partial charge on any atom is -0.358 e. The molecule has 90 valence electrons. The quantitative estimate of drug-likeness (QED) is 0.720. The fourth-order valence-corrected chi connectivity index (χ4v) is 2.41. The van der Waals surface area contributed by atoms with E-state index in [4.69, 9.17) is 5.73 Å². The van der Waals surface area contributed by atoms with Crippen LogP contribution in [-0.4, -0.2) is 9.97 Å². The molecule has 1 aromatic carbocycles. The predicted octanol–water partition coefficient (Wildman–Crippen LogP) is 2.92. The number of nitrogens with two attached hydrogens (primary N) is 1. The van der Waals surface area contributed by atoms with E-state index >= 15 is 0 Å². The first-order valence-electron chi connectivity index (χ1n) is 6.01. The van der Waals surface area contributed by atoms with Crippen molar-refractivity contribution in [1.82, 2.24) is 9.97 Å². The average Bonchev–Trinajstić information content (AvgIpc) is 2.75. The van der Waals surface area contributed by atoms with Crippen LogP contribution in [0.5, 0.6) is 0 Å². The van der Waals surface area contributed by atoms with Gasteiger partial charge in [-0.05, 0) is 25.1 Å². The summed E-state index contributed by atoms with van der Waals surface area (Å²) in [5, 5.41) is 1.17. The predicted molar refractivity (Wildman–Crippen MR) is 73.3 cm³/mol. The van der Waals surface area contributed by atoms with Crippen LogP contribution in [0.15, 0.2) is 48.7 Å². The molecule has 0 bridgehead atoms. The third-order valence-corrected chi connectivity index (χ3v) is 3.26. The van der Waals surface area contributed by atoms with Crippen LogP contribution in [0, 0.1) is 6.92 Å². The lowest BCUT2D eigenvalue weighted by atomic mass is 10.0. The molecule has 0 aliphatic carbocycles. The molecule has 3 N–H and O–H groups in total. The molecule has 0 saturated carbocycles. The lowest BCUT2D eigenvalue weighted by molar-refractivity contribution is 0.827. The summed E-state index contributed by atoms with van der Waals surface area (Å²) in [6, 6.07) is 13.9. The highest BCUT2D eigenvalue weighted by atomic mass is 14.8. The second-order valence-electron chi connectivity index (χ2n) is 4.44. The maximum atomic E-state index is 6.35. The van der Waals surface area contributed by atoms with E-state index in [1.807, 2.05) is 30.3 Å². The Labute approximate surface area is 106 Å². The number of pyridine rings is 1. The normalized spacial score (nSPS) is 12.8. The van der Waals surface area contributed by atoms with Gasteiger partial charge in [-0.1, -0.05) is 24.3 Å². The molecule has 0 amide bonds. The van der Waals surface area contributed by atoms with Crippen molar-refractivity contribution >= 4 is 10.9 Å². The zero-order chi connectivity index (χ0) is 12.5. The lowest BCUT2D eigenvalue weighted by Gasteiger charge is -2.11. The first-order valence-corrected chi connectivity index (χ1v) is 6.01. The number of aromatic nitrogens is 2. The highest BCUT2D eigenvalue weighted by molar-refractivity contribution is 5.85. The highest BCUT2D eigenvalue weighted by Crippen LogP contribution is 2.29. The van der Waals surface area contributed by atoms with Gasteiger partial charge in [0.15, 0.2) is 0 Å². The molecular weight excluding hydrogens is 222 g/mol. The summed E-state index contributed by atoms with van der Waals surface area (Å²) < 4.78 is 0. The molecule has 1 unspecified atom stereocenters. The number of hydrogen-bond donors (Lipinski definition) is 2. The summed E-state index contributed by atoms with van der Waals surface area (Å²) in [6.45, 7) is 2.05. The Kier molecular flexibility index (Phi) is 2.61. The molecule has 18 heavy (non-hydrogen) atoms. The van der Waals surface area contributed by atoms with Crippen molar-refractivity contribution in [2.75, 3.05) is 0 Å². The maximum absolute atomic E-state index is 6.35. The molecule has 0 saturated heterocycles. The third-order valence-electron chi connectivity index (χ3n) is 3.26. The van der Waals surface area contributed by atoms with Crippen molar-refractivity contribution in [3.8, 4) is 0 Å². The molecule has 0 aliphatic heterocycles. The van der Waals surface area contributed by atoms with E-state index < -0.39 is 0 Å². The fourth-order valence-electron chi connectivity index (χ4n) is 2.41. The van der Waals surface area contributed by atoms with Gasteiger partial charge in [-0.15, -0.1) is 0 Å². The first-order chi connectivity index (χ1) is 8.77. The molecule has 3 heteroatoms. The van der Waals surface area contributed by atoms with Gasteiger partial charge in [0.05, 0.1) is 11.7 Å². The van der Waals surface area contributed by atoms with Gasteiger partial charge in [-0.25, -0.2) is 0 Å². The number of nitrogens with zero attached hydrogens (tertiary/aromatic N) is 1. The van der Waals surface area contributed by atoms with E-state index in [0.717, 1.165) is 22.5 Å². The topological polar surface area (TPSA) is 54.7 Å². The molecule has 3 aromatic rings. The molecule has 3 nitrogen and oxygen atoms in total. The van der Waals surface area contributed by atoms with Gasteiger partial charge in [0.1, 0.15) is 0 Å². The summed E-state index contributed by atoms with van der Waals surface area (Å²) in [5.41, 5.74) is 10.6. The van der Waals surface area contributed by atoms with Crippen LogP contribution < -0.4 is 5.73 Å². The van der Waals surface area contributed by atoms with Gasteiger partial charge in [0, 0.05) is 28.4 Å². The highest BCUT2D eigenvalue weighted by Gasteiger charge is 2.17. The van der Waals surface area contributed by atoms with Gasteiger partial charge >= 0.3 is 0 Å². The van der Waals surface area contributed by atoms with Crippen LogP contribution >= 0.6 is 0 Å². The number of benzene rings is 1. The van der Waals surface area contributed by atoms with Crippen molar-refractivity contribution in [3.63, 3.8) is 0 Å². The van der Waals surface area contributed by atoms with Crippen molar-refractivity contribution < 1.29 is 0 Å². The molecule has 2 heterocycles. The number of aromatic amines is 1. The second-order valence-corrected chi connectivity index (χ2v) is 4.44. The summed E-state index contributed by atoms with van der Waals surface area (Å²) >= 11 is 0. The molecular formula is C15H15N3. The summed E-state index contributed by atoms with van der Waals surface area (Å²) in [7, 11) is 0. The zero-order valence-electron chi connectivity index (χ0n) is 10.2. The molecule has 0 radical (unpaired) electrons. The van der Waals surface area contributed by atoms with Gasteiger partial charge in [0.25, 0.3) is 0 Å². The second kappa shape index (κ2) is 4.27. The van der Waals surface area contributed by atoms with E-state index in [-0.39, 0.29) is 6.04 Å². The molecule has 3 rings (SSSR count). The van der Waals surface area contributed by atoms with E-state index in [1.54, 1.807) is 6.20 Å². The number of fused-ring (bicyclic) bond motifs is 1. The summed E-state index contributed by atoms with van der Waals surface area (Å²) in [6.07, 6.45) is 1.78. The van der Waals surface area contributed by atoms with E-state index in [1.165, 1.54) is 5.39 Å². The Balaban J connectivity index is 2.17. The molecule has 1 atom stereocenters. The minimum atomic E-state index is -0.192. The van der Waals surface area contributed by atoms with Crippen LogP contribution in [0.1, 0.15) is 23.0 Å². The molecule has 0 aliphatic rings. The Morgan fingerprint density at radius 2 is 1.89 bits per heavy atom. The number of para-hydroxylation sites is 1. The van der Waals surface area contributed by atoms with Crippen LogP contribution in [0.2, 0.25) is 0 Å². The van der Waals surface area contributed by atoms with Crippen LogP contribution in [0.25, 0.3) is 10.9 Å². The molecule has 0 spiro atoms. The Hall–Kier alpha value is -2.13. The average molecular weight is 237 g/mol. The molecule has 0 fully saturated rings. The largest absolute Gasteiger partial charge is 0.358 e. The number of rotatable bonds is 2. The Morgan fingerprint density at radius 1 is 1.11 bits per heavy atom. The number of hydrogen-bond acceptors (Lipinski definition) is 2. The van der Waals surface area contributed by atoms with Crippen molar-refractivity contribution in [1.29, 1.82) is 0 Å². The van der Waals surface area contributed by atoms with E-state index in [0.29, 0.717) is 0 Å². The maximum Gasteiger partial charge on any atom is 0.0749 e. The number of aryl methyl sites for hydroxylation is 1. The first kappa shape index (κ1) is 11.0. The number of nitrogens with one attached hydrogen (secondary N) is 1. The van der Waals surface area contributed by atoms with Gasteiger partial charge in [0.2, 0.25) is 0 Å². The third kappa shape index (κ3) is 1.69. The Bertz CT molecular complexity index is 671. The Morgan fingerprint density at radius 3 is 2.67 bits per heavy atom. The number of H-pyrrole nitrogens is 1. The van der Waals surface area contributed by atoms with E-state index in [2.05, 4.69) is 29.0 Å². The summed E-state index contributed by atoms with van der Waals surface area (Å²) in [5.74, 6) is 0. The lowest BCUT2D eigenvalue weighted by Crippen LogP contribution is -2.14. The van der Waals surface area contributed by atoms with Crippen LogP contribution in [0.4, 0.5) is 0 Å².